The molecule has 1 saturated heterocycles. The van der Waals surface area contributed by atoms with Crippen molar-refractivity contribution in [2.24, 2.45) is 5.73 Å². The smallest absolute Gasteiger partial charge is 0.128 e. The first-order valence-electron chi connectivity index (χ1n) is 5.03. The minimum absolute atomic E-state index is 0.182. The Kier molecular flexibility index (Phi) is 2.79. The standard InChI is InChI=1S/C11H15FN2/c12-10-6-8(3-4-9(10)7-13)11-2-1-5-14-11/h3-4,6,11,14H,1-2,5,7,13H2/t11-/m0/s1. The fourth-order valence-electron chi connectivity index (χ4n) is 1.91. The minimum Gasteiger partial charge on any atom is -0.326 e. The van der Waals surface area contributed by atoms with E-state index in [0.29, 0.717) is 11.6 Å². The Labute approximate surface area is 83.3 Å². The van der Waals surface area contributed by atoms with E-state index in [1.807, 2.05) is 6.07 Å². The average molecular weight is 194 g/mol. The second-order valence-electron chi connectivity index (χ2n) is 3.70. The van der Waals surface area contributed by atoms with E-state index in [0.717, 1.165) is 18.5 Å². The Bertz CT molecular complexity index is 319. The van der Waals surface area contributed by atoms with Crippen LogP contribution in [-0.4, -0.2) is 6.54 Å². The van der Waals surface area contributed by atoms with Gasteiger partial charge in [0.25, 0.3) is 0 Å². The fraction of sp³-hybridized carbons (Fsp3) is 0.455. The molecule has 1 aliphatic rings. The van der Waals surface area contributed by atoms with Crippen molar-refractivity contribution in [3.8, 4) is 0 Å². The van der Waals surface area contributed by atoms with Crippen molar-refractivity contribution in [1.29, 1.82) is 0 Å². The molecule has 14 heavy (non-hydrogen) atoms. The summed E-state index contributed by atoms with van der Waals surface area (Å²) in [7, 11) is 0. The largest absolute Gasteiger partial charge is 0.326 e. The highest BCUT2D eigenvalue weighted by Gasteiger charge is 2.16. The Morgan fingerprint density at radius 3 is 2.93 bits per heavy atom. The number of benzene rings is 1. The van der Waals surface area contributed by atoms with Gasteiger partial charge in [-0.25, -0.2) is 4.39 Å². The molecule has 0 aliphatic carbocycles. The number of halogens is 1. The van der Waals surface area contributed by atoms with Crippen molar-refractivity contribution in [2.45, 2.75) is 25.4 Å². The highest BCUT2D eigenvalue weighted by Crippen LogP contribution is 2.24. The number of hydrogen-bond acceptors (Lipinski definition) is 2. The zero-order valence-electron chi connectivity index (χ0n) is 8.09. The van der Waals surface area contributed by atoms with Gasteiger partial charge in [-0.3, -0.25) is 0 Å². The van der Waals surface area contributed by atoms with Crippen LogP contribution < -0.4 is 11.1 Å². The molecular formula is C11H15FN2. The Hall–Kier alpha value is -0.930. The molecule has 3 N–H and O–H groups in total. The molecule has 0 radical (unpaired) electrons. The maximum absolute atomic E-state index is 13.4. The molecule has 0 aromatic heterocycles. The van der Waals surface area contributed by atoms with E-state index in [2.05, 4.69) is 5.32 Å². The zero-order chi connectivity index (χ0) is 9.97. The molecule has 1 aromatic rings. The molecule has 3 heteroatoms. The quantitative estimate of drug-likeness (QED) is 0.752. The van der Waals surface area contributed by atoms with E-state index in [1.165, 1.54) is 6.42 Å². The zero-order valence-corrected chi connectivity index (χ0v) is 8.09. The molecular weight excluding hydrogens is 179 g/mol. The lowest BCUT2D eigenvalue weighted by atomic mass is 10.0. The lowest BCUT2D eigenvalue weighted by Gasteiger charge is -2.11. The van der Waals surface area contributed by atoms with Crippen LogP contribution in [0.1, 0.15) is 30.0 Å². The van der Waals surface area contributed by atoms with Crippen LogP contribution in [0.15, 0.2) is 18.2 Å². The maximum atomic E-state index is 13.4. The van der Waals surface area contributed by atoms with Crippen LogP contribution in [0, 0.1) is 5.82 Å². The SMILES string of the molecule is NCc1ccc([C@@H]2CCCN2)cc1F. The van der Waals surface area contributed by atoms with Crippen LogP contribution in [-0.2, 0) is 6.54 Å². The van der Waals surface area contributed by atoms with E-state index in [-0.39, 0.29) is 12.4 Å². The van der Waals surface area contributed by atoms with Crippen molar-refractivity contribution < 1.29 is 4.39 Å². The minimum atomic E-state index is -0.182. The molecule has 1 fully saturated rings. The summed E-state index contributed by atoms with van der Waals surface area (Å²) in [5.74, 6) is -0.182. The van der Waals surface area contributed by atoms with Crippen LogP contribution in [0.4, 0.5) is 4.39 Å². The Morgan fingerprint density at radius 2 is 2.36 bits per heavy atom. The summed E-state index contributed by atoms with van der Waals surface area (Å²) in [5.41, 5.74) is 7.03. The van der Waals surface area contributed by atoms with E-state index in [9.17, 15) is 4.39 Å². The molecule has 1 atom stereocenters. The van der Waals surface area contributed by atoms with Crippen molar-refractivity contribution in [3.05, 3.63) is 35.1 Å². The molecule has 1 aromatic carbocycles. The first-order chi connectivity index (χ1) is 6.81. The van der Waals surface area contributed by atoms with Gasteiger partial charge in [-0.15, -0.1) is 0 Å². The van der Waals surface area contributed by atoms with Gasteiger partial charge in [0.15, 0.2) is 0 Å². The second kappa shape index (κ2) is 4.07. The summed E-state index contributed by atoms with van der Waals surface area (Å²) in [6.07, 6.45) is 2.27. The van der Waals surface area contributed by atoms with Gasteiger partial charge in [-0.2, -0.15) is 0 Å². The molecule has 1 aliphatic heterocycles. The van der Waals surface area contributed by atoms with E-state index in [1.54, 1.807) is 12.1 Å². The van der Waals surface area contributed by atoms with Crippen LogP contribution in [0.2, 0.25) is 0 Å². The molecule has 0 spiro atoms. The molecule has 0 saturated carbocycles. The monoisotopic (exact) mass is 194 g/mol. The first kappa shape index (κ1) is 9.62. The summed E-state index contributed by atoms with van der Waals surface area (Å²) >= 11 is 0. The molecule has 2 nitrogen and oxygen atoms in total. The number of rotatable bonds is 2. The van der Waals surface area contributed by atoms with Crippen LogP contribution in [0.5, 0.6) is 0 Å². The van der Waals surface area contributed by atoms with Crippen LogP contribution in [0.3, 0.4) is 0 Å². The first-order valence-corrected chi connectivity index (χ1v) is 5.03. The van der Waals surface area contributed by atoms with Gasteiger partial charge in [0, 0.05) is 18.2 Å². The summed E-state index contributed by atoms with van der Waals surface area (Å²) in [6.45, 7) is 1.30. The summed E-state index contributed by atoms with van der Waals surface area (Å²) in [5, 5.41) is 3.34. The lowest BCUT2D eigenvalue weighted by Crippen LogP contribution is -2.13. The maximum Gasteiger partial charge on any atom is 0.128 e. The lowest BCUT2D eigenvalue weighted by molar-refractivity contribution is 0.593. The topological polar surface area (TPSA) is 38.0 Å². The van der Waals surface area contributed by atoms with Crippen molar-refractivity contribution in [1.82, 2.24) is 5.32 Å². The van der Waals surface area contributed by atoms with Crippen molar-refractivity contribution in [2.75, 3.05) is 6.54 Å². The van der Waals surface area contributed by atoms with Crippen molar-refractivity contribution in [3.63, 3.8) is 0 Å². The van der Waals surface area contributed by atoms with Gasteiger partial charge in [-0.05, 0) is 31.0 Å². The van der Waals surface area contributed by atoms with Gasteiger partial charge in [0.05, 0.1) is 0 Å². The van der Waals surface area contributed by atoms with Crippen LogP contribution in [0.25, 0.3) is 0 Å². The highest BCUT2D eigenvalue weighted by atomic mass is 19.1. The van der Waals surface area contributed by atoms with Crippen molar-refractivity contribution >= 4 is 0 Å². The highest BCUT2D eigenvalue weighted by molar-refractivity contribution is 5.27. The third kappa shape index (κ3) is 1.79. The number of nitrogens with one attached hydrogen (secondary N) is 1. The second-order valence-corrected chi connectivity index (χ2v) is 3.70. The van der Waals surface area contributed by atoms with E-state index in [4.69, 9.17) is 5.73 Å². The number of nitrogens with two attached hydrogens (primary N) is 1. The third-order valence-corrected chi connectivity index (χ3v) is 2.76. The van der Waals surface area contributed by atoms with Gasteiger partial charge < -0.3 is 11.1 Å². The van der Waals surface area contributed by atoms with Gasteiger partial charge in [-0.1, -0.05) is 12.1 Å². The van der Waals surface area contributed by atoms with Gasteiger partial charge >= 0.3 is 0 Å². The molecule has 0 amide bonds. The average Bonchev–Trinajstić information content (AvgIpc) is 2.70. The van der Waals surface area contributed by atoms with E-state index >= 15 is 0 Å². The third-order valence-electron chi connectivity index (χ3n) is 2.76. The van der Waals surface area contributed by atoms with Gasteiger partial charge in [0.2, 0.25) is 0 Å². The molecule has 2 rings (SSSR count). The normalized spacial score (nSPS) is 21.4. The number of hydrogen-bond donors (Lipinski definition) is 2. The van der Waals surface area contributed by atoms with Gasteiger partial charge in [0.1, 0.15) is 5.82 Å². The summed E-state index contributed by atoms with van der Waals surface area (Å²) in [4.78, 5) is 0. The predicted octanol–water partition coefficient (Wildman–Crippen LogP) is 1.71. The Morgan fingerprint density at radius 1 is 1.50 bits per heavy atom. The fourth-order valence-corrected chi connectivity index (χ4v) is 1.91. The summed E-state index contributed by atoms with van der Waals surface area (Å²) in [6, 6.07) is 5.68. The molecule has 0 unspecified atom stereocenters. The Balaban J connectivity index is 2.23. The van der Waals surface area contributed by atoms with Crippen LogP contribution >= 0.6 is 0 Å². The predicted molar refractivity (Wildman–Crippen MR) is 54.3 cm³/mol. The molecule has 1 heterocycles. The van der Waals surface area contributed by atoms with E-state index < -0.39 is 0 Å². The summed E-state index contributed by atoms with van der Waals surface area (Å²) < 4.78 is 13.4. The molecule has 0 bridgehead atoms. The molecule has 76 valence electrons.